The average molecular weight is 199 g/mol. The normalized spacial score (nSPS) is 35.1. The summed E-state index contributed by atoms with van der Waals surface area (Å²) in [6.45, 7) is 6.71. The van der Waals surface area contributed by atoms with Gasteiger partial charge in [0.05, 0.1) is 19.3 Å². The Morgan fingerprint density at radius 3 is 2.36 bits per heavy atom. The molecule has 2 heterocycles. The summed E-state index contributed by atoms with van der Waals surface area (Å²) in [6, 6.07) is 1.14. The van der Waals surface area contributed by atoms with Gasteiger partial charge in [0, 0.05) is 18.6 Å². The predicted molar refractivity (Wildman–Crippen MR) is 55.2 cm³/mol. The molecular formula is C11H21NO2. The SMILES string of the molecule is CC(C)C(O)CN1C2CCC1COC2. The standard InChI is InChI=1S/C11H21NO2/c1-8(2)11(13)5-12-9-3-4-10(12)7-14-6-9/h8-11,13H,3-7H2,1-2H3. The van der Waals surface area contributed by atoms with Gasteiger partial charge < -0.3 is 9.84 Å². The molecule has 0 aliphatic carbocycles. The predicted octanol–water partition coefficient (Wildman–Crippen LogP) is 0.866. The molecule has 2 fully saturated rings. The third kappa shape index (κ3) is 1.95. The number of fused-ring (bicyclic) bond motifs is 2. The number of aliphatic hydroxyl groups excluding tert-OH is 1. The van der Waals surface area contributed by atoms with E-state index in [0.717, 1.165) is 19.8 Å². The van der Waals surface area contributed by atoms with Gasteiger partial charge in [-0.2, -0.15) is 0 Å². The van der Waals surface area contributed by atoms with Crippen molar-refractivity contribution in [3.8, 4) is 0 Å². The maximum atomic E-state index is 9.86. The topological polar surface area (TPSA) is 32.7 Å². The van der Waals surface area contributed by atoms with Crippen LogP contribution in [0.25, 0.3) is 0 Å². The fourth-order valence-electron chi connectivity index (χ4n) is 2.44. The number of aliphatic hydroxyl groups is 1. The summed E-state index contributed by atoms with van der Waals surface area (Å²) in [6.07, 6.45) is 2.31. The van der Waals surface area contributed by atoms with E-state index in [-0.39, 0.29) is 6.10 Å². The lowest BCUT2D eigenvalue weighted by atomic mass is 10.1. The molecule has 2 aliphatic rings. The van der Waals surface area contributed by atoms with Crippen LogP contribution in [0.15, 0.2) is 0 Å². The third-order valence-electron chi connectivity index (χ3n) is 3.56. The molecule has 0 amide bonds. The molecule has 0 spiro atoms. The first-order chi connectivity index (χ1) is 6.68. The van der Waals surface area contributed by atoms with E-state index in [1.165, 1.54) is 12.8 Å². The molecule has 2 rings (SSSR count). The van der Waals surface area contributed by atoms with Crippen LogP contribution in [0.5, 0.6) is 0 Å². The number of nitrogens with zero attached hydrogens (tertiary/aromatic N) is 1. The second-order valence-corrected chi connectivity index (χ2v) is 4.93. The Hall–Kier alpha value is -0.120. The van der Waals surface area contributed by atoms with Crippen molar-refractivity contribution in [2.45, 2.75) is 44.9 Å². The lowest BCUT2D eigenvalue weighted by Gasteiger charge is -2.36. The highest BCUT2D eigenvalue weighted by Crippen LogP contribution is 2.29. The minimum Gasteiger partial charge on any atom is -0.392 e. The van der Waals surface area contributed by atoms with Crippen molar-refractivity contribution in [3.63, 3.8) is 0 Å². The summed E-state index contributed by atoms with van der Waals surface area (Å²) in [5.41, 5.74) is 0. The van der Waals surface area contributed by atoms with Crippen LogP contribution in [-0.4, -0.2) is 48.0 Å². The molecule has 82 valence electrons. The van der Waals surface area contributed by atoms with E-state index in [1.807, 2.05) is 0 Å². The van der Waals surface area contributed by atoms with Gasteiger partial charge >= 0.3 is 0 Å². The van der Waals surface area contributed by atoms with Crippen LogP contribution in [-0.2, 0) is 4.74 Å². The van der Waals surface area contributed by atoms with E-state index in [2.05, 4.69) is 18.7 Å². The van der Waals surface area contributed by atoms with E-state index in [4.69, 9.17) is 4.74 Å². The zero-order valence-electron chi connectivity index (χ0n) is 9.15. The van der Waals surface area contributed by atoms with Gasteiger partial charge in [-0.05, 0) is 18.8 Å². The molecule has 0 radical (unpaired) electrons. The van der Waals surface area contributed by atoms with Crippen molar-refractivity contribution >= 4 is 0 Å². The monoisotopic (exact) mass is 199 g/mol. The lowest BCUT2D eigenvalue weighted by molar-refractivity contribution is -0.0394. The molecule has 0 saturated carbocycles. The molecule has 3 heteroatoms. The molecule has 2 bridgehead atoms. The summed E-state index contributed by atoms with van der Waals surface area (Å²) < 4.78 is 5.51. The molecule has 14 heavy (non-hydrogen) atoms. The Labute approximate surface area is 86.0 Å². The summed E-state index contributed by atoms with van der Waals surface area (Å²) in [5, 5.41) is 9.86. The van der Waals surface area contributed by atoms with Crippen LogP contribution in [0.2, 0.25) is 0 Å². The van der Waals surface area contributed by atoms with Crippen LogP contribution >= 0.6 is 0 Å². The fourth-order valence-corrected chi connectivity index (χ4v) is 2.44. The number of hydrogen-bond donors (Lipinski definition) is 1. The fraction of sp³-hybridized carbons (Fsp3) is 1.00. The quantitative estimate of drug-likeness (QED) is 0.732. The highest BCUT2D eigenvalue weighted by atomic mass is 16.5. The van der Waals surface area contributed by atoms with Crippen molar-refractivity contribution < 1.29 is 9.84 Å². The molecule has 2 aliphatic heterocycles. The van der Waals surface area contributed by atoms with Crippen molar-refractivity contribution in [3.05, 3.63) is 0 Å². The van der Waals surface area contributed by atoms with Gasteiger partial charge in [-0.25, -0.2) is 0 Å². The van der Waals surface area contributed by atoms with Crippen molar-refractivity contribution in [2.24, 2.45) is 5.92 Å². The van der Waals surface area contributed by atoms with Gasteiger partial charge in [-0.1, -0.05) is 13.8 Å². The van der Waals surface area contributed by atoms with Crippen LogP contribution in [0, 0.1) is 5.92 Å². The van der Waals surface area contributed by atoms with E-state index in [9.17, 15) is 5.11 Å². The largest absolute Gasteiger partial charge is 0.392 e. The van der Waals surface area contributed by atoms with Gasteiger partial charge in [0.1, 0.15) is 0 Å². The zero-order valence-corrected chi connectivity index (χ0v) is 9.15. The molecule has 0 aromatic heterocycles. The molecule has 0 aromatic carbocycles. The van der Waals surface area contributed by atoms with Crippen LogP contribution in [0.4, 0.5) is 0 Å². The Balaban J connectivity index is 1.91. The summed E-state index contributed by atoms with van der Waals surface area (Å²) in [7, 11) is 0. The lowest BCUT2D eigenvalue weighted by Crippen LogP contribution is -2.49. The van der Waals surface area contributed by atoms with Gasteiger partial charge in [-0.15, -0.1) is 0 Å². The molecule has 3 atom stereocenters. The third-order valence-corrected chi connectivity index (χ3v) is 3.56. The Morgan fingerprint density at radius 2 is 1.86 bits per heavy atom. The number of rotatable bonds is 3. The van der Waals surface area contributed by atoms with Crippen LogP contribution in [0.1, 0.15) is 26.7 Å². The number of morpholine rings is 1. The van der Waals surface area contributed by atoms with E-state index in [0.29, 0.717) is 18.0 Å². The molecule has 1 N–H and O–H groups in total. The second-order valence-electron chi connectivity index (χ2n) is 4.93. The molecule has 2 saturated heterocycles. The number of hydrogen-bond acceptors (Lipinski definition) is 3. The Kier molecular flexibility index (Phi) is 3.10. The second kappa shape index (κ2) is 4.17. The first-order valence-corrected chi connectivity index (χ1v) is 5.70. The summed E-state index contributed by atoms with van der Waals surface area (Å²) >= 11 is 0. The van der Waals surface area contributed by atoms with Gasteiger partial charge in [-0.3, -0.25) is 4.90 Å². The minimum atomic E-state index is -0.184. The summed E-state index contributed by atoms with van der Waals surface area (Å²) in [4.78, 5) is 2.45. The average Bonchev–Trinajstić information content (AvgIpc) is 2.38. The minimum absolute atomic E-state index is 0.184. The smallest absolute Gasteiger partial charge is 0.0690 e. The van der Waals surface area contributed by atoms with Crippen molar-refractivity contribution in [2.75, 3.05) is 19.8 Å². The number of ether oxygens (including phenoxy) is 1. The van der Waals surface area contributed by atoms with E-state index >= 15 is 0 Å². The maximum Gasteiger partial charge on any atom is 0.0690 e. The van der Waals surface area contributed by atoms with Gasteiger partial charge in [0.25, 0.3) is 0 Å². The van der Waals surface area contributed by atoms with Crippen LogP contribution in [0.3, 0.4) is 0 Å². The molecular weight excluding hydrogens is 178 g/mol. The summed E-state index contributed by atoms with van der Waals surface area (Å²) in [5.74, 6) is 0.359. The zero-order chi connectivity index (χ0) is 10.1. The van der Waals surface area contributed by atoms with Crippen LogP contribution < -0.4 is 0 Å². The molecule has 3 unspecified atom stereocenters. The van der Waals surface area contributed by atoms with Crippen molar-refractivity contribution in [1.82, 2.24) is 4.90 Å². The first kappa shape index (κ1) is 10.4. The Bertz CT molecular complexity index is 180. The van der Waals surface area contributed by atoms with Crippen molar-refractivity contribution in [1.29, 1.82) is 0 Å². The molecule has 0 aromatic rings. The highest BCUT2D eigenvalue weighted by molar-refractivity contribution is 4.91. The van der Waals surface area contributed by atoms with E-state index in [1.54, 1.807) is 0 Å². The van der Waals surface area contributed by atoms with Gasteiger partial charge in [0.15, 0.2) is 0 Å². The van der Waals surface area contributed by atoms with Gasteiger partial charge in [0.2, 0.25) is 0 Å². The first-order valence-electron chi connectivity index (χ1n) is 5.70. The maximum absolute atomic E-state index is 9.86. The molecule has 3 nitrogen and oxygen atoms in total. The Morgan fingerprint density at radius 1 is 1.29 bits per heavy atom. The highest BCUT2D eigenvalue weighted by Gasteiger charge is 2.38. The van der Waals surface area contributed by atoms with E-state index < -0.39 is 0 Å².